The maximum absolute atomic E-state index is 12.7. The number of carbonyl (C=O) groups is 1. The maximum Gasteiger partial charge on any atom is 0.242 e. The van der Waals surface area contributed by atoms with Crippen molar-refractivity contribution in [3.63, 3.8) is 0 Å². The van der Waals surface area contributed by atoms with E-state index in [4.69, 9.17) is 0 Å². The Labute approximate surface area is 144 Å². The van der Waals surface area contributed by atoms with Crippen molar-refractivity contribution in [3.8, 4) is 0 Å². The average molecular weight is 341 g/mol. The van der Waals surface area contributed by atoms with Crippen LogP contribution in [0.4, 0.5) is 0 Å². The second kappa shape index (κ2) is 6.32. The first-order valence-electron chi connectivity index (χ1n) is 8.18. The first kappa shape index (κ1) is 15.3. The number of piperidine rings is 1. The Hall–Kier alpha value is -2.28. The summed E-state index contributed by atoms with van der Waals surface area (Å²) in [6.07, 6.45) is 3.84. The molecule has 0 bridgehead atoms. The Kier molecular flexibility index (Phi) is 4.02. The van der Waals surface area contributed by atoms with Crippen molar-refractivity contribution in [2.45, 2.75) is 32.2 Å². The summed E-state index contributed by atoms with van der Waals surface area (Å²) in [6.45, 7) is 3.86. The van der Waals surface area contributed by atoms with Gasteiger partial charge in [0, 0.05) is 19.0 Å². The molecule has 4 rings (SSSR count). The van der Waals surface area contributed by atoms with Crippen molar-refractivity contribution in [3.05, 3.63) is 40.6 Å². The molecule has 1 saturated heterocycles. The molecule has 1 fully saturated rings. The third-order valence-electron chi connectivity index (χ3n) is 4.50. The topological polar surface area (TPSA) is 63.9 Å². The van der Waals surface area contributed by atoms with Gasteiger partial charge in [0.25, 0.3) is 0 Å². The van der Waals surface area contributed by atoms with Gasteiger partial charge in [0.1, 0.15) is 16.6 Å². The maximum atomic E-state index is 12.7. The molecule has 1 aliphatic heterocycles. The minimum atomic E-state index is 0.143. The molecule has 1 aliphatic rings. The number of rotatable bonds is 3. The molecule has 1 unspecified atom stereocenters. The first-order chi connectivity index (χ1) is 11.7. The monoisotopic (exact) mass is 341 g/mol. The van der Waals surface area contributed by atoms with Crippen LogP contribution in [-0.2, 0) is 11.3 Å². The highest BCUT2D eigenvalue weighted by Gasteiger charge is 2.27. The molecule has 2 aromatic heterocycles. The predicted octanol–water partition coefficient (Wildman–Crippen LogP) is 2.60. The highest BCUT2D eigenvalue weighted by atomic mass is 32.1. The van der Waals surface area contributed by atoms with Gasteiger partial charge in [-0.1, -0.05) is 12.1 Å². The van der Waals surface area contributed by atoms with Gasteiger partial charge in [0.15, 0.2) is 0 Å². The summed E-state index contributed by atoms with van der Waals surface area (Å²) in [6, 6.07) is 7.89. The summed E-state index contributed by atoms with van der Waals surface area (Å²) in [4.78, 5) is 19.1. The van der Waals surface area contributed by atoms with Crippen molar-refractivity contribution < 1.29 is 4.79 Å². The Bertz CT molecular complexity index is 871. The number of carbonyl (C=O) groups excluding carboxylic acids is 1. The summed E-state index contributed by atoms with van der Waals surface area (Å²) in [7, 11) is 0. The summed E-state index contributed by atoms with van der Waals surface area (Å²) >= 11 is 1.64. The van der Waals surface area contributed by atoms with E-state index in [0.717, 1.165) is 47.0 Å². The number of fused-ring (bicyclic) bond motifs is 1. The standard InChI is InChI=1S/C17H19N5OS/c1-12-19-20-17(24-12)13-5-4-8-21(9-13)16(23)10-22-11-18-14-6-2-3-7-15(14)22/h2-3,6-7,11,13H,4-5,8-10H2,1H3. The fourth-order valence-electron chi connectivity index (χ4n) is 3.26. The van der Waals surface area contributed by atoms with Gasteiger partial charge in [-0.3, -0.25) is 4.79 Å². The second-order valence-electron chi connectivity index (χ2n) is 6.20. The first-order valence-corrected chi connectivity index (χ1v) is 9.00. The fourth-order valence-corrected chi connectivity index (χ4v) is 4.09. The van der Waals surface area contributed by atoms with Crippen LogP contribution in [0.3, 0.4) is 0 Å². The van der Waals surface area contributed by atoms with E-state index in [1.54, 1.807) is 17.7 Å². The Balaban J connectivity index is 1.48. The van der Waals surface area contributed by atoms with Gasteiger partial charge in [0.05, 0.1) is 17.4 Å². The lowest BCUT2D eigenvalue weighted by molar-refractivity contribution is -0.133. The molecular formula is C17H19N5OS. The number of imidazole rings is 1. The van der Waals surface area contributed by atoms with E-state index >= 15 is 0 Å². The lowest BCUT2D eigenvalue weighted by atomic mass is 9.99. The van der Waals surface area contributed by atoms with Crippen LogP contribution >= 0.6 is 11.3 Å². The van der Waals surface area contributed by atoms with Crippen LogP contribution in [0.2, 0.25) is 0 Å². The van der Waals surface area contributed by atoms with Crippen molar-refractivity contribution in [1.82, 2.24) is 24.6 Å². The van der Waals surface area contributed by atoms with Crippen molar-refractivity contribution in [2.75, 3.05) is 13.1 Å². The Morgan fingerprint density at radius 3 is 3.04 bits per heavy atom. The highest BCUT2D eigenvalue weighted by molar-refractivity contribution is 7.11. The number of amides is 1. The summed E-state index contributed by atoms with van der Waals surface area (Å²) in [5, 5.41) is 10.4. The number of likely N-dealkylation sites (tertiary alicyclic amines) is 1. The molecule has 0 radical (unpaired) electrons. The van der Waals surface area contributed by atoms with E-state index in [0.29, 0.717) is 12.5 Å². The van der Waals surface area contributed by atoms with E-state index in [-0.39, 0.29) is 5.91 Å². The number of benzene rings is 1. The molecule has 1 aromatic carbocycles. The van der Waals surface area contributed by atoms with Gasteiger partial charge < -0.3 is 9.47 Å². The number of aryl methyl sites for hydroxylation is 1. The molecule has 0 N–H and O–H groups in total. The number of aromatic nitrogens is 4. The fraction of sp³-hybridized carbons (Fsp3) is 0.412. The molecule has 124 valence electrons. The minimum absolute atomic E-state index is 0.143. The van der Waals surface area contributed by atoms with E-state index in [1.165, 1.54) is 0 Å². The SMILES string of the molecule is Cc1nnc(C2CCCN(C(=O)Cn3cnc4ccccc43)C2)s1. The van der Waals surface area contributed by atoms with Crippen molar-refractivity contribution in [2.24, 2.45) is 0 Å². The predicted molar refractivity (Wildman–Crippen MR) is 92.9 cm³/mol. The molecule has 3 heterocycles. The third-order valence-corrected chi connectivity index (χ3v) is 5.50. The second-order valence-corrected chi connectivity index (χ2v) is 7.41. The number of hydrogen-bond donors (Lipinski definition) is 0. The van der Waals surface area contributed by atoms with Crippen LogP contribution in [0.5, 0.6) is 0 Å². The molecule has 24 heavy (non-hydrogen) atoms. The lowest BCUT2D eigenvalue weighted by Gasteiger charge is -2.31. The molecule has 1 atom stereocenters. The third kappa shape index (κ3) is 2.91. The average Bonchev–Trinajstić information content (AvgIpc) is 3.22. The van der Waals surface area contributed by atoms with E-state index in [9.17, 15) is 4.79 Å². The van der Waals surface area contributed by atoms with Gasteiger partial charge in [-0.25, -0.2) is 4.98 Å². The molecule has 6 nitrogen and oxygen atoms in total. The number of hydrogen-bond acceptors (Lipinski definition) is 5. The molecule has 0 spiro atoms. The van der Waals surface area contributed by atoms with Crippen molar-refractivity contribution >= 4 is 28.3 Å². The van der Waals surface area contributed by atoms with Gasteiger partial charge in [0.2, 0.25) is 5.91 Å². The van der Waals surface area contributed by atoms with Crippen LogP contribution in [0.25, 0.3) is 11.0 Å². The molecular weight excluding hydrogens is 322 g/mol. The van der Waals surface area contributed by atoms with Crippen LogP contribution in [0.15, 0.2) is 30.6 Å². The molecule has 0 aliphatic carbocycles. The van der Waals surface area contributed by atoms with Gasteiger partial charge in [-0.05, 0) is 31.9 Å². The highest BCUT2D eigenvalue weighted by Crippen LogP contribution is 2.29. The van der Waals surface area contributed by atoms with Gasteiger partial charge in [-0.2, -0.15) is 0 Å². The Morgan fingerprint density at radius 2 is 2.21 bits per heavy atom. The molecule has 7 heteroatoms. The van der Waals surface area contributed by atoms with E-state index < -0.39 is 0 Å². The van der Waals surface area contributed by atoms with Crippen LogP contribution < -0.4 is 0 Å². The van der Waals surface area contributed by atoms with Gasteiger partial charge >= 0.3 is 0 Å². The van der Waals surface area contributed by atoms with E-state index in [2.05, 4.69) is 15.2 Å². The molecule has 1 amide bonds. The quantitative estimate of drug-likeness (QED) is 0.734. The van der Waals surface area contributed by atoms with Gasteiger partial charge in [-0.15, -0.1) is 21.5 Å². The normalized spacial score (nSPS) is 18.2. The van der Waals surface area contributed by atoms with Crippen molar-refractivity contribution in [1.29, 1.82) is 0 Å². The van der Waals surface area contributed by atoms with Crippen LogP contribution in [0, 0.1) is 6.92 Å². The zero-order valence-electron chi connectivity index (χ0n) is 13.6. The van der Waals surface area contributed by atoms with E-state index in [1.807, 2.05) is 40.7 Å². The van der Waals surface area contributed by atoms with Crippen LogP contribution in [0.1, 0.15) is 28.8 Å². The summed E-state index contributed by atoms with van der Waals surface area (Å²) < 4.78 is 1.93. The summed E-state index contributed by atoms with van der Waals surface area (Å²) in [5.74, 6) is 0.456. The zero-order valence-corrected chi connectivity index (χ0v) is 14.4. The van der Waals surface area contributed by atoms with Crippen LogP contribution in [-0.4, -0.2) is 43.6 Å². The molecule has 3 aromatic rings. The Morgan fingerprint density at radius 1 is 1.33 bits per heavy atom. The minimum Gasteiger partial charge on any atom is -0.340 e. The smallest absolute Gasteiger partial charge is 0.242 e. The largest absolute Gasteiger partial charge is 0.340 e. The lowest BCUT2D eigenvalue weighted by Crippen LogP contribution is -2.40. The number of nitrogens with zero attached hydrogens (tertiary/aromatic N) is 5. The molecule has 0 saturated carbocycles. The number of para-hydroxylation sites is 2. The zero-order chi connectivity index (χ0) is 16.5. The summed E-state index contributed by atoms with van der Waals surface area (Å²) in [5.41, 5.74) is 1.92.